The molecule has 94 valence electrons. The summed E-state index contributed by atoms with van der Waals surface area (Å²) in [5, 5.41) is 0. The molecule has 1 fully saturated rings. The molecule has 1 aliphatic rings. The molecule has 1 atom stereocenters. The molecule has 0 saturated carbocycles. The van der Waals surface area contributed by atoms with E-state index in [1.165, 1.54) is 18.2 Å². The van der Waals surface area contributed by atoms with Gasteiger partial charge in [-0.1, -0.05) is 0 Å². The Hall–Kier alpha value is -0.960. The number of likely N-dealkylation sites (tertiary alicyclic amines) is 1. The molecule has 0 radical (unpaired) electrons. The van der Waals surface area contributed by atoms with E-state index in [0.717, 1.165) is 19.4 Å². The van der Waals surface area contributed by atoms with Crippen LogP contribution in [-0.2, 0) is 0 Å². The van der Waals surface area contributed by atoms with E-state index in [0.29, 0.717) is 5.56 Å². The van der Waals surface area contributed by atoms with Crippen LogP contribution in [0.25, 0.3) is 0 Å². The highest BCUT2D eigenvalue weighted by molar-refractivity contribution is 5.23. The third kappa shape index (κ3) is 2.49. The normalized spacial score (nSPS) is 22.1. The highest BCUT2D eigenvalue weighted by Gasteiger charge is 2.35. The fraction of sp³-hybridized carbons (Fsp3) is 0.571. The zero-order valence-electron chi connectivity index (χ0n) is 10.6. The van der Waals surface area contributed by atoms with Gasteiger partial charge < -0.3 is 0 Å². The highest BCUT2D eigenvalue weighted by atomic mass is 19.1. The molecular weight excluding hydrogens is 220 g/mol. The lowest BCUT2D eigenvalue weighted by Crippen LogP contribution is -2.40. The SMILES string of the molecule is CC(C)(C)N1CCC[C@H]1c1cc(F)ccc1F. The Labute approximate surface area is 101 Å². The summed E-state index contributed by atoms with van der Waals surface area (Å²) in [5.74, 6) is -0.658. The van der Waals surface area contributed by atoms with E-state index in [1.807, 2.05) is 0 Å². The van der Waals surface area contributed by atoms with Crippen LogP contribution in [0.15, 0.2) is 18.2 Å². The molecule has 1 aromatic rings. The summed E-state index contributed by atoms with van der Waals surface area (Å²) in [6, 6.07) is 3.74. The smallest absolute Gasteiger partial charge is 0.128 e. The molecule has 0 aromatic heterocycles. The number of benzene rings is 1. The molecule has 2 rings (SSSR count). The largest absolute Gasteiger partial charge is 0.291 e. The van der Waals surface area contributed by atoms with Gasteiger partial charge in [-0.3, -0.25) is 4.90 Å². The molecule has 0 spiro atoms. The molecule has 1 saturated heterocycles. The van der Waals surface area contributed by atoms with Crippen molar-refractivity contribution in [3.05, 3.63) is 35.4 Å². The molecule has 0 unspecified atom stereocenters. The lowest BCUT2D eigenvalue weighted by Gasteiger charge is -2.37. The van der Waals surface area contributed by atoms with Crippen LogP contribution in [0.2, 0.25) is 0 Å². The summed E-state index contributed by atoms with van der Waals surface area (Å²) in [6.45, 7) is 7.29. The Balaban J connectivity index is 2.35. The zero-order chi connectivity index (χ0) is 12.6. The first-order valence-electron chi connectivity index (χ1n) is 6.11. The summed E-state index contributed by atoms with van der Waals surface area (Å²) in [5.41, 5.74) is 0.484. The van der Waals surface area contributed by atoms with E-state index < -0.39 is 0 Å². The minimum Gasteiger partial charge on any atom is -0.291 e. The summed E-state index contributed by atoms with van der Waals surface area (Å²) < 4.78 is 27.0. The first-order valence-corrected chi connectivity index (χ1v) is 6.11. The quantitative estimate of drug-likeness (QED) is 0.718. The van der Waals surface area contributed by atoms with Crippen LogP contribution >= 0.6 is 0 Å². The number of halogens is 2. The summed E-state index contributed by atoms with van der Waals surface area (Å²) in [6.07, 6.45) is 1.94. The van der Waals surface area contributed by atoms with E-state index >= 15 is 0 Å². The Morgan fingerprint density at radius 3 is 2.59 bits per heavy atom. The molecule has 1 aromatic carbocycles. The van der Waals surface area contributed by atoms with Crippen LogP contribution in [0.1, 0.15) is 45.2 Å². The van der Waals surface area contributed by atoms with Crippen molar-refractivity contribution in [3.8, 4) is 0 Å². The lowest BCUT2D eigenvalue weighted by atomic mass is 9.99. The predicted molar refractivity (Wildman–Crippen MR) is 64.8 cm³/mol. The second-order valence-corrected chi connectivity index (χ2v) is 5.69. The van der Waals surface area contributed by atoms with Crippen molar-refractivity contribution in [3.63, 3.8) is 0 Å². The average molecular weight is 239 g/mol. The highest BCUT2D eigenvalue weighted by Crippen LogP contribution is 2.38. The third-order valence-corrected chi connectivity index (χ3v) is 3.43. The molecule has 0 amide bonds. The van der Waals surface area contributed by atoms with E-state index in [4.69, 9.17) is 0 Å². The molecule has 17 heavy (non-hydrogen) atoms. The van der Waals surface area contributed by atoms with Gasteiger partial charge in [0.2, 0.25) is 0 Å². The zero-order valence-corrected chi connectivity index (χ0v) is 10.6. The summed E-state index contributed by atoms with van der Waals surface area (Å²) in [7, 11) is 0. The van der Waals surface area contributed by atoms with Gasteiger partial charge in [-0.2, -0.15) is 0 Å². The van der Waals surface area contributed by atoms with Gasteiger partial charge in [-0.15, -0.1) is 0 Å². The van der Waals surface area contributed by atoms with Gasteiger partial charge in [0.1, 0.15) is 11.6 Å². The topological polar surface area (TPSA) is 3.24 Å². The molecule has 1 aliphatic heterocycles. The Morgan fingerprint density at radius 1 is 1.24 bits per heavy atom. The van der Waals surface area contributed by atoms with E-state index in [-0.39, 0.29) is 23.2 Å². The number of hydrogen-bond donors (Lipinski definition) is 0. The van der Waals surface area contributed by atoms with Crippen LogP contribution in [0.4, 0.5) is 8.78 Å². The maximum Gasteiger partial charge on any atom is 0.128 e. The fourth-order valence-electron chi connectivity index (χ4n) is 2.66. The number of rotatable bonds is 1. The molecule has 0 aliphatic carbocycles. The van der Waals surface area contributed by atoms with Crippen LogP contribution < -0.4 is 0 Å². The molecule has 3 heteroatoms. The van der Waals surface area contributed by atoms with Gasteiger partial charge >= 0.3 is 0 Å². The Bertz CT molecular complexity index is 409. The van der Waals surface area contributed by atoms with Crippen molar-refractivity contribution in [1.29, 1.82) is 0 Å². The average Bonchev–Trinajstić information content (AvgIpc) is 2.69. The summed E-state index contributed by atoms with van der Waals surface area (Å²) in [4.78, 5) is 2.25. The van der Waals surface area contributed by atoms with Crippen LogP contribution in [0, 0.1) is 11.6 Å². The van der Waals surface area contributed by atoms with Crippen LogP contribution in [0.5, 0.6) is 0 Å². The second kappa shape index (κ2) is 4.37. The van der Waals surface area contributed by atoms with Crippen molar-refractivity contribution in [1.82, 2.24) is 4.90 Å². The van der Waals surface area contributed by atoms with E-state index in [2.05, 4.69) is 25.7 Å². The van der Waals surface area contributed by atoms with Gasteiger partial charge in [0, 0.05) is 17.1 Å². The first-order chi connectivity index (χ1) is 7.89. The van der Waals surface area contributed by atoms with Crippen molar-refractivity contribution < 1.29 is 8.78 Å². The maximum atomic E-state index is 13.8. The van der Waals surface area contributed by atoms with Gasteiger partial charge in [0.15, 0.2) is 0 Å². The monoisotopic (exact) mass is 239 g/mol. The molecule has 1 nitrogen and oxygen atoms in total. The maximum absolute atomic E-state index is 13.8. The lowest BCUT2D eigenvalue weighted by molar-refractivity contribution is 0.119. The standard InChI is InChI=1S/C14H19F2N/c1-14(2,3)17-8-4-5-13(17)11-9-10(15)6-7-12(11)16/h6-7,9,13H,4-5,8H2,1-3H3/t13-/m0/s1. The minimum atomic E-state index is -0.359. The van der Waals surface area contributed by atoms with Gasteiger partial charge in [0.25, 0.3) is 0 Å². The van der Waals surface area contributed by atoms with Crippen molar-refractivity contribution in [2.24, 2.45) is 0 Å². The second-order valence-electron chi connectivity index (χ2n) is 5.69. The molecule has 1 heterocycles. The molecular formula is C14H19F2N. The number of nitrogens with zero attached hydrogens (tertiary/aromatic N) is 1. The Morgan fingerprint density at radius 2 is 1.94 bits per heavy atom. The van der Waals surface area contributed by atoms with Crippen molar-refractivity contribution >= 4 is 0 Å². The van der Waals surface area contributed by atoms with Gasteiger partial charge in [0.05, 0.1) is 0 Å². The van der Waals surface area contributed by atoms with Crippen LogP contribution in [-0.4, -0.2) is 17.0 Å². The predicted octanol–water partition coefficient (Wildman–Crippen LogP) is 3.90. The third-order valence-electron chi connectivity index (χ3n) is 3.43. The van der Waals surface area contributed by atoms with Crippen molar-refractivity contribution in [2.45, 2.75) is 45.2 Å². The van der Waals surface area contributed by atoms with E-state index in [1.54, 1.807) is 0 Å². The van der Waals surface area contributed by atoms with E-state index in [9.17, 15) is 8.78 Å². The Kier molecular flexibility index (Phi) is 3.21. The fourth-order valence-corrected chi connectivity index (χ4v) is 2.66. The van der Waals surface area contributed by atoms with Crippen molar-refractivity contribution in [2.75, 3.05) is 6.54 Å². The first kappa shape index (κ1) is 12.5. The van der Waals surface area contributed by atoms with Gasteiger partial charge in [-0.25, -0.2) is 8.78 Å². The number of hydrogen-bond acceptors (Lipinski definition) is 1. The van der Waals surface area contributed by atoms with Gasteiger partial charge in [-0.05, 0) is 58.4 Å². The molecule has 0 bridgehead atoms. The molecule has 0 N–H and O–H groups in total. The summed E-state index contributed by atoms with van der Waals surface area (Å²) >= 11 is 0. The van der Waals surface area contributed by atoms with Crippen LogP contribution in [0.3, 0.4) is 0 Å². The minimum absolute atomic E-state index is 0.00528.